The average molecular weight is 918 g/mol. The fraction of sp³-hybridized carbons (Fsp3) is 0.400. The highest BCUT2D eigenvalue weighted by Gasteiger charge is 2.36. The lowest BCUT2D eigenvalue weighted by atomic mass is 9.87. The zero-order valence-electron chi connectivity index (χ0n) is 39.3. The predicted octanol–water partition coefficient (Wildman–Crippen LogP) is 3.57. The number of ether oxygens (including phenoxy) is 3. The molecule has 0 radical (unpaired) electrons. The molecule has 0 aliphatic carbocycles. The molecule has 0 saturated carbocycles. The normalized spacial score (nSPS) is 16.5. The lowest BCUT2D eigenvalue weighted by Gasteiger charge is -2.32. The summed E-state index contributed by atoms with van der Waals surface area (Å²) in [7, 11) is 1.43. The summed E-state index contributed by atoms with van der Waals surface area (Å²) < 4.78 is 18.4. The minimum atomic E-state index is -1.39. The van der Waals surface area contributed by atoms with Gasteiger partial charge in [-0.2, -0.15) is 5.26 Å². The van der Waals surface area contributed by atoms with Crippen LogP contribution in [0.3, 0.4) is 0 Å². The third-order valence-corrected chi connectivity index (χ3v) is 11.5. The third-order valence-electron chi connectivity index (χ3n) is 11.5. The van der Waals surface area contributed by atoms with Crippen LogP contribution < -0.4 is 52.7 Å². The van der Waals surface area contributed by atoms with Gasteiger partial charge in [-0.3, -0.25) is 24.0 Å². The summed E-state index contributed by atoms with van der Waals surface area (Å²) in [6.07, 6.45) is 0.0245. The molecule has 5 amide bonds. The number of nitriles is 1. The van der Waals surface area contributed by atoms with Gasteiger partial charge in [0.25, 0.3) is 5.91 Å². The Labute approximate surface area is 392 Å². The molecule has 5 rings (SSSR count). The molecule has 1 aliphatic rings. The van der Waals surface area contributed by atoms with Crippen LogP contribution in [0.15, 0.2) is 72.8 Å². The fourth-order valence-corrected chi connectivity index (χ4v) is 7.67. The van der Waals surface area contributed by atoms with Gasteiger partial charge in [-0.05, 0) is 115 Å². The predicted molar refractivity (Wildman–Crippen MR) is 254 cm³/mol. The van der Waals surface area contributed by atoms with Crippen LogP contribution in [0.25, 0.3) is 11.1 Å². The number of fused-ring (bicyclic) bond motifs is 5. The van der Waals surface area contributed by atoms with Crippen LogP contribution in [0.4, 0.5) is 0 Å². The first-order chi connectivity index (χ1) is 31.9. The summed E-state index contributed by atoms with van der Waals surface area (Å²) in [6.45, 7) is 11.9. The number of carbonyl (C=O) groups is 5. The van der Waals surface area contributed by atoms with Crippen molar-refractivity contribution in [2.24, 2.45) is 17.2 Å². The maximum atomic E-state index is 14.7. The second kappa shape index (κ2) is 22.9. The number of benzene rings is 4. The molecule has 4 aromatic carbocycles. The Morgan fingerprint density at radius 3 is 2.07 bits per heavy atom. The summed E-state index contributed by atoms with van der Waals surface area (Å²) in [4.78, 5) is 71.7. The summed E-state index contributed by atoms with van der Waals surface area (Å²) in [6, 6.07) is 18.3. The van der Waals surface area contributed by atoms with E-state index in [-0.39, 0.29) is 57.6 Å². The molecule has 4 aromatic rings. The number of likely N-dealkylation sites (N-methyl/N-ethyl adjacent to an activating group) is 1. The van der Waals surface area contributed by atoms with E-state index in [9.17, 15) is 29.2 Å². The highest BCUT2D eigenvalue weighted by molar-refractivity contribution is 6.00. The summed E-state index contributed by atoms with van der Waals surface area (Å²) in [5, 5.41) is 20.0. The standard InChI is InChI=1S/C50H63N9O8/c1-29-30(2)41(67-35-12-10-34(11-13-35)50(4,5)6)17-14-36(29)46(61)57-39(18-19-51)49(64)59(7)44-33-9-16-43(66-25-22-54)38(28-33)37-26-32(8-15-42(37)65-24-21-53)27-40(47(62)55-23-20-52)58-45(60)31(3)56-48(44)63/h8-17,26,28,31,39-40,44H,18-19,21-25,27,51,53-54H2,1-7H3,(H,55,62)(H,56,63)(H,57,61)(H,58,60). The molecule has 4 atom stereocenters. The van der Waals surface area contributed by atoms with E-state index in [2.05, 4.69) is 42.0 Å². The Morgan fingerprint density at radius 2 is 1.46 bits per heavy atom. The number of hydrogen-bond donors (Lipinski definition) is 7. The molecule has 4 unspecified atom stereocenters. The highest BCUT2D eigenvalue weighted by atomic mass is 16.5. The number of nitrogens with one attached hydrogen (secondary N) is 4. The summed E-state index contributed by atoms with van der Waals surface area (Å²) >= 11 is 0. The van der Waals surface area contributed by atoms with Crippen LogP contribution in [-0.4, -0.2) is 99.0 Å². The van der Waals surface area contributed by atoms with Gasteiger partial charge in [0.2, 0.25) is 23.6 Å². The number of rotatable bonds is 16. The van der Waals surface area contributed by atoms with Gasteiger partial charge in [-0.15, -0.1) is 0 Å². The van der Waals surface area contributed by atoms with E-state index in [4.69, 9.17) is 31.4 Å². The number of nitrogens with two attached hydrogens (primary N) is 3. The van der Waals surface area contributed by atoms with E-state index >= 15 is 0 Å². The van der Waals surface area contributed by atoms with Crippen molar-refractivity contribution in [3.63, 3.8) is 0 Å². The van der Waals surface area contributed by atoms with Gasteiger partial charge in [-0.1, -0.05) is 45.0 Å². The Morgan fingerprint density at radius 1 is 0.836 bits per heavy atom. The Balaban J connectivity index is 1.54. The molecule has 0 saturated heterocycles. The lowest BCUT2D eigenvalue weighted by Crippen LogP contribution is -2.56. The van der Waals surface area contributed by atoms with Crippen LogP contribution in [0.1, 0.15) is 78.3 Å². The van der Waals surface area contributed by atoms with Gasteiger partial charge < -0.3 is 57.6 Å². The zero-order valence-corrected chi connectivity index (χ0v) is 39.3. The lowest BCUT2D eigenvalue weighted by molar-refractivity contribution is -0.141. The number of nitrogens with zero attached hydrogens (tertiary/aromatic N) is 2. The summed E-state index contributed by atoms with van der Waals surface area (Å²) in [5.41, 5.74) is 22.4. The second-order valence-electron chi connectivity index (χ2n) is 17.4. The summed E-state index contributed by atoms with van der Waals surface area (Å²) in [5.74, 6) is -1.25. The molecule has 1 aliphatic heterocycles. The van der Waals surface area contributed by atoms with Crippen molar-refractivity contribution >= 4 is 29.5 Å². The number of carbonyl (C=O) groups excluding carboxylic acids is 5. The van der Waals surface area contributed by atoms with Gasteiger partial charge in [-0.25, -0.2) is 0 Å². The topological polar surface area (TPSA) is 266 Å². The molecule has 4 bridgehead atoms. The molecule has 0 spiro atoms. The van der Waals surface area contributed by atoms with Gasteiger partial charge in [0.15, 0.2) is 0 Å². The van der Waals surface area contributed by atoms with Crippen molar-refractivity contribution in [3.8, 4) is 40.2 Å². The van der Waals surface area contributed by atoms with Crippen molar-refractivity contribution in [2.45, 2.75) is 84.0 Å². The first-order valence-corrected chi connectivity index (χ1v) is 22.3. The van der Waals surface area contributed by atoms with Crippen molar-refractivity contribution in [1.29, 1.82) is 5.26 Å². The van der Waals surface area contributed by atoms with Gasteiger partial charge >= 0.3 is 0 Å². The van der Waals surface area contributed by atoms with Crippen LogP contribution in [0, 0.1) is 25.2 Å². The number of hydrogen-bond acceptors (Lipinski definition) is 12. The smallest absolute Gasteiger partial charge is 0.252 e. The van der Waals surface area contributed by atoms with E-state index in [1.54, 1.807) is 55.5 Å². The molecular weight excluding hydrogens is 855 g/mol. The van der Waals surface area contributed by atoms with E-state index < -0.39 is 53.7 Å². The van der Waals surface area contributed by atoms with Crippen molar-refractivity contribution in [1.82, 2.24) is 26.2 Å². The first-order valence-electron chi connectivity index (χ1n) is 22.3. The van der Waals surface area contributed by atoms with Crippen molar-refractivity contribution in [3.05, 3.63) is 106 Å². The van der Waals surface area contributed by atoms with E-state index in [0.717, 1.165) is 11.1 Å². The quantitative estimate of drug-likeness (QED) is 0.0796. The molecular formula is C50H63N9O8. The molecule has 0 fully saturated rings. The van der Waals surface area contributed by atoms with E-state index in [1.807, 2.05) is 37.3 Å². The second-order valence-corrected chi connectivity index (χ2v) is 17.4. The molecule has 1 heterocycles. The third kappa shape index (κ3) is 12.7. The minimum Gasteiger partial charge on any atom is -0.492 e. The van der Waals surface area contributed by atoms with Gasteiger partial charge in [0.05, 0.1) is 6.07 Å². The average Bonchev–Trinajstić information content (AvgIpc) is 3.30. The van der Waals surface area contributed by atoms with E-state index in [1.165, 1.54) is 18.9 Å². The minimum absolute atomic E-state index is 0.00385. The fourth-order valence-electron chi connectivity index (χ4n) is 7.67. The SMILES string of the molecule is Cc1c(Oc2ccc(C(C)(C)C)cc2)ccc(C(=O)NC(CCN)C(=O)N(C)C2C(=O)NC(C)C(=O)NC(C(=O)NCC#N)Cc3ccc(OCCN)c(c3)-c3cc2ccc3OCCN)c1C. The van der Waals surface area contributed by atoms with Crippen molar-refractivity contribution < 1.29 is 38.2 Å². The zero-order chi connectivity index (χ0) is 49.0. The molecule has 0 aromatic heterocycles. The van der Waals surface area contributed by atoms with Crippen LogP contribution in [-0.2, 0) is 31.0 Å². The molecule has 10 N–H and O–H groups in total. The highest BCUT2D eigenvalue weighted by Crippen LogP contribution is 2.40. The maximum Gasteiger partial charge on any atom is 0.252 e. The van der Waals surface area contributed by atoms with Crippen LogP contribution in [0.5, 0.6) is 23.0 Å². The van der Waals surface area contributed by atoms with Gasteiger partial charge in [0.1, 0.15) is 66.9 Å². The molecule has 17 nitrogen and oxygen atoms in total. The maximum absolute atomic E-state index is 14.7. The largest absolute Gasteiger partial charge is 0.492 e. The van der Waals surface area contributed by atoms with Crippen LogP contribution in [0.2, 0.25) is 0 Å². The monoisotopic (exact) mass is 917 g/mol. The molecule has 356 valence electrons. The van der Waals surface area contributed by atoms with Crippen LogP contribution >= 0.6 is 0 Å². The Hall–Kier alpha value is -7.00. The van der Waals surface area contributed by atoms with Crippen molar-refractivity contribution in [2.75, 3.05) is 46.4 Å². The molecule has 67 heavy (non-hydrogen) atoms. The Kier molecular flexibility index (Phi) is 17.5. The Bertz CT molecular complexity index is 2480. The number of amides is 5. The van der Waals surface area contributed by atoms with E-state index in [0.29, 0.717) is 56.4 Å². The first kappa shape index (κ1) is 51.0. The van der Waals surface area contributed by atoms with Gasteiger partial charge in [0, 0.05) is 43.2 Å². The molecule has 17 heteroatoms.